The van der Waals surface area contributed by atoms with Gasteiger partial charge < -0.3 is 15.0 Å². The molecule has 0 unspecified atom stereocenters. The molecular weight excluding hydrogens is 216 g/mol. The van der Waals surface area contributed by atoms with Crippen molar-refractivity contribution >= 4 is 5.82 Å². The lowest BCUT2D eigenvalue weighted by Gasteiger charge is -2.24. The van der Waals surface area contributed by atoms with E-state index in [-0.39, 0.29) is 6.04 Å². The molecule has 5 heteroatoms. The fourth-order valence-electron chi connectivity index (χ4n) is 1.99. The van der Waals surface area contributed by atoms with Crippen LogP contribution in [-0.2, 0) is 4.74 Å². The topological polar surface area (TPSA) is 50.3 Å². The first-order valence-electron chi connectivity index (χ1n) is 6.24. The van der Waals surface area contributed by atoms with Gasteiger partial charge in [0.2, 0.25) is 0 Å². The Balaban J connectivity index is 2.15. The van der Waals surface area contributed by atoms with Gasteiger partial charge in [-0.05, 0) is 19.9 Å². The quantitative estimate of drug-likeness (QED) is 0.844. The molecule has 2 rings (SSSR count). The summed E-state index contributed by atoms with van der Waals surface area (Å²) in [5.74, 6) is 1.82. The number of hydrogen-bond donors (Lipinski definition) is 1. The molecule has 1 fully saturated rings. The molecule has 5 nitrogen and oxygen atoms in total. The minimum absolute atomic E-state index is 0.124. The zero-order valence-corrected chi connectivity index (χ0v) is 10.5. The number of aromatic nitrogens is 2. The second-order valence-corrected chi connectivity index (χ2v) is 4.03. The van der Waals surface area contributed by atoms with Gasteiger partial charge in [0.1, 0.15) is 11.6 Å². The molecule has 0 spiro atoms. The van der Waals surface area contributed by atoms with Crippen molar-refractivity contribution in [3.63, 3.8) is 0 Å². The first-order chi connectivity index (χ1) is 8.35. The molecule has 1 aromatic rings. The Morgan fingerprint density at radius 3 is 2.94 bits per heavy atom. The van der Waals surface area contributed by atoms with E-state index in [4.69, 9.17) is 4.74 Å². The standard InChI is InChI=1S/C12H20N4O/c1-3-16(4-2)11-5-6-14-12(15-11)10-9-17-8-7-13-10/h5-6,10,13H,3-4,7-9H2,1-2H3/t10-/m1/s1. The van der Waals surface area contributed by atoms with Crippen LogP contribution in [0.15, 0.2) is 12.3 Å². The Morgan fingerprint density at radius 2 is 2.29 bits per heavy atom. The first kappa shape index (κ1) is 12.3. The van der Waals surface area contributed by atoms with Crippen LogP contribution in [0, 0.1) is 0 Å². The second kappa shape index (κ2) is 5.93. The average molecular weight is 236 g/mol. The van der Waals surface area contributed by atoms with Gasteiger partial charge in [-0.15, -0.1) is 0 Å². The predicted octanol–water partition coefficient (Wildman–Crippen LogP) is 0.984. The lowest BCUT2D eigenvalue weighted by Crippen LogP contribution is -2.36. The molecule has 1 saturated heterocycles. The van der Waals surface area contributed by atoms with Crippen LogP contribution in [0.4, 0.5) is 5.82 Å². The van der Waals surface area contributed by atoms with Gasteiger partial charge in [0.15, 0.2) is 0 Å². The molecule has 1 N–H and O–H groups in total. The van der Waals surface area contributed by atoms with Crippen molar-refractivity contribution in [3.8, 4) is 0 Å². The smallest absolute Gasteiger partial charge is 0.149 e. The summed E-state index contributed by atoms with van der Waals surface area (Å²) in [5, 5.41) is 3.37. The van der Waals surface area contributed by atoms with Gasteiger partial charge in [-0.3, -0.25) is 0 Å². The van der Waals surface area contributed by atoms with Crippen molar-refractivity contribution in [1.82, 2.24) is 15.3 Å². The van der Waals surface area contributed by atoms with Crippen molar-refractivity contribution in [3.05, 3.63) is 18.1 Å². The largest absolute Gasteiger partial charge is 0.378 e. The van der Waals surface area contributed by atoms with Crippen LogP contribution < -0.4 is 10.2 Å². The molecule has 0 radical (unpaired) electrons. The van der Waals surface area contributed by atoms with Crippen LogP contribution in [0.2, 0.25) is 0 Å². The Hall–Kier alpha value is -1.20. The summed E-state index contributed by atoms with van der Waals surface area (Å²) >= 11 is 0. The molecule has 0 aromatic carbocycles. The fourth-order valence-corrected chi connectivity index (χ4v) is 1.99. The number of morpholine rings is 1. The maximum atomic E-state index is 5.43. The summed E-state index contributed by atoms with van der Waals surface area (Å²) in [5.41, 5.74) is 0. The van der Waals surface area contributed by atoms with Crippen LogP contribution in [0.5, 0.6) is 0 Å². The van der Waals surface area contributed by atoms with Crippen molar-refractivity contribution in [1.29, 1.82) is 0 Å². The molecular formula is C12H20N4O. The van der Waals surface area contributed by atoms with Gasteiger partial charge >= 0.3 is 0 Å². The summed E-state index contributed by atoms with van der Waals surface area (Å²) in [7, 11) is 0. The third-order valence-electron chi connectivity index (χ3n) is 2.98. The zero-order chi connectivity index (χ0) is 12.1. The Bertz CT molecular complexity index is 348. The van der Waals surface area contributed by atoms with Crippen molar-refractivity contribution in [2.24, 2.45) is 0 Å². The van der Waals surface area contributed by atoms with Gasteiger partial charge in [0.25, 0.3) is 0 Å². The van der Waals surface area contributed by atoms with Crippen molar-refractivity contribution in [2.45, 2.75) is 19.9 Å². The number of hydrogen-bond acceptors (Lipinski definition) is 5. The molecule has 2 heterocycles. The highest BCUT2D eigenvalue weighted by Crippen LogP contribution is 2.15. The average Bonchev–Trinajstić information content (AvgIpc) is 2.42. The van der Waals surface area contributed by atoms with Crippen LogP contribution in [0.3, 0.4) is 0 Å². The number of rotatable bonds is 4. The predicted molar refractivity (Wildman–Crippen MR) is 67.2 cm³/mol. The van der Waals surface area contributed by atoms with Crippen molar-refractivity contribution in [2.75, 3.05) is 37.7 Å². The third-order valence-corrected chi connectivity index (χ3v) is 2.98. The number of nitrogens with one attached hydrogen (secondary N) is 1. The highest BCUT2D eigenvalue weighted by atomic mass is 16.5. The monoisotopic (exact) mass is 236 g/mol. The van der Waals surface area contributed by atoms with Gasteiger partial charge in [0, 0.05) is 25.8 Å². The number of ether oxygens (including phenoxy) is 1. The van der Waals surface area contributed by atoms with E-state index in [0.717, 1.165) is 37.9 Å². The third kappa shape index (κ3) is 2.92. The molecule has 1 aliphatic heterocycles. The second-order valence-electron chi connectivity index (χ2n) is 4.03. The SMILES string of the molecule is CCN(CC)c1ccnc([C@H]2COCCN2)n1. The van der Waals surface area contributed by atoms with E-state index >= 15 is 0 Å². The van der Waals surface area contributed by atoms with Crippen LogP contribution >= 0.6 is 0 Å². The molecule has 94 valence electrons. The van der Waals surface area contributed by atoms with E-state index < -0.39 is 0 Å². The molecule has 0 aliphatic carbocycles. The molecule has 0 saturated carbocycles. The highest BCUT2D eigenvalue weighted by molar-refractivity contribution is 5.37. The number of anilines is 1. The van der Waals surface area contributed by atoms with Gasteiger partial charge in [-0.1, -0.05) is 0 Å². The molecule has 17 heavy (non-hydrogen) atoms. The highest BCUT2D eigenvalue weighted by Gasteiger charge is 2.18. The normalized spacial score (nSPS) is 20.2. The Morgan fingerprint density at radius 1 is 1.47 bits per heavy atom. The maximum Gasteiger partial charge on any atom is 0.149 e. The van der Waals surface area contributed by atoms with E-state index in [9.17, 15) is 0 Å². The van der Waals surface area contributed by atoms with Crippen molar-refractivity contribution < 1.29 is 4.74 Å². The van der Waals surface area contributed by atoms with E-state index in [1.165, 1.54) is 0 Å². The van der Waals surface area contributed by atoms with Crippen LogP contribution in [-0.4, -0.2) is 42.8 Å². The summed E-state index contributed by atoms with van der Waals surface area (Å²) in [6.07, 6.45) is 1.83. The fraction of sp³-hybridized carbons (Fsp3) is 0.667. The molecule has 1 aliphatic rings. The van der Waals surface area contributed by atoms with E-state index in [2.05, 4.69) is 34.0 Å². The molecule has 0 bridgehead atoms. The summed E-state index contributed by atoms with van der Waals surface area (Å²) in [6, 6.07) is 2.08. The summed E-state index contributed by atoms with van der Waals surface area (Å²) in [4.78, 5) is 11.2. The van der Waals surface area contributed by atoms with Crippen LogP contribution in [0.1, 0.15) is 25.7 Å². The summed E-state index contributed by atoms with van der Waals surface area (Å²) < 4.78 is 5.43. The molecule has 1 atom stereocenters. The Labute approximate surface area is 102 Å². The molecule has 1 aromatic heterocycles. The maximum absolute atomic E-state index is 5.43. The minimum Gasteiger partial charge on any atom is -0.378 e. The lowest BCUT2D eigenvalue weighted by atomic mass is 10.2. The van der Waals surface area contributed by atoms with Gasteiger partial charge in [0.05, 0.1) is 19.3 Å². The molecule has 0 amide bonds. The summed E-state index contributed by atoms with van der Waals surface area (Å²) in [6.45, 7) is 8.47. The van der Waals surface area contributed by atoms with E-state index in [1.54, 1.807) is 0 Å². The zero-order valence-electron chi connectivity index (χ0n) is 10.5. The van der Waals surface area contributed by atoms with Gasteiger partial charge in [-0.2, -0.15) is 0 Å². The minimum atomic E-state index is 0.124. The first-order valence-corrected chi connectivity index (χ1v) is 6.24. The number of nitrogens with zero attached hydrogens (tertiary/aromatic N) is 3. The van der Waals surface area contributed by atoms with E-state index in [0.29, 0.717) is 6.61 Å². The van der Waals surface area contributed by atoms with E-state index in [1.807, 2.05) is 12.3 Å². The lowest BCUT2D eigenvalue weighted by molar-refractivity contribution is 0.0742. The Kier molecular flexibility index (Phi) is 4.28. The van der Waals surface area contributed by atoms with Gasteiger partial charge in [-0.25, -0.2) is 9.97 Å². The van der Waals surface area contributed by atoms with Crippen LogP contribution in [0.25, 0.3) is 0 Å².